The molecular formula is C29H21Cl2N3O6S3. The molecule has 2 aliphatic rings. The standard InChI is InChI=1S/C29H21Cl2N3O6S3/c1-2-40-28(38)14-5-8-16(9-6-14)34-25(36)22-21(19-4-3-11-41-19)24-27(42-23(22)26(34)37)33(29(39)43-24)13-20(35)32-15-7-10-17(30)18(31)12-15/h3-12,21-23H,2,13H2,1H3,(H,32,35). The van der Waals surface area contributed by atoms with E-state index in [9.17, 15) is 24.0 Å². The van der Waals surface area contributed by atoms with Crippen LogP contribution < -0.4 is 15.1 Å². The molecule has 9 nitrogen and oxygen atoms in total. The van der Waals surface area contributed by atoms with Gasteiger partial charge in [-0.15, -0.1) is 11.3 Å². The van der Waals surface area contributed by atoms with Crippen LogP contribution in [0, 0.1) is 5.92 Å². The quantitative estimate of drug-likeness (QED) is 0.192. The molecule has 14 heteroatoms. The fraction of sp³-hybridized carbons (Fsp3) is 0.207. The molecule has 0 bridgehead atoms. The average molecular weight is 675 g/mol. The Balaban J connectivity index is 1.33. The summed E-state index contributed by atoms with van der Waals surface area (Å²) >= 11 is 15.6. The molecule has 3 atom stereocenters. The topological polar surface area (TPSA) is 115 Å². The van der Waals surface area contributed by atoms with Crippen LogP contribution in [0.25, 0.3) is 0 Å². The highest BCUT2D eigenvalue weighted by Crippen LogP contribution is 2.54. The van der Waals surface area contributed by atoms with Crippen molar-refractivity contribution in [1.82, 2.24) is 4.57 Å². The number of thiazole rings is 1. The zero-order valence-electron chi connectivity index (χ0n) is 22.2. The van der Waals surface area contributed by atoms with Crippen LogP contribution in [0.5, 0.6) is 0 Å². The molecule has 0 aliphatic carbocycles. The van der Waals surface area contributed by atoms with Gasteiger partial charge in [0.1, 0.15) is 11.8 Å². The number of carbonyl (C=O) groups is 4. The number of ether oxygens (including phenoxy) is 1. The van der Waals surface area contributed by atoms with Gasteiger partial charge in [0.25, 0.3) is 0 Å². The first-order chi connectivity index (χ1) is 20.7. The number of esters is 1. The number of thiophene rings is 1. The highest BCUT2D eigenvalue weighted by Gasteiger charge is 2.57. The molecule has 1 saturated heterocycles. The number of carbonyl (C=O) groups excluding carboxylic acids is 4. The maximum atomic E-state index is 14.0. The molecule has 3 amide bonds. The van der Waals surface area contributed by atoms with E-state index < -0.39 is 34.9 Å². The monoisotopic (exact) mass is 673 g/mol. The number of benzene rings is 2. The van der Waals surface area contributed by atoms with E-state index in [1.165, 1.54) is 34.1 Å². The minimum Gasteiger partial charge on any atom is -0.462 e. The molecule has 1 N–H and O–H groups in total. The van der Waals surface area contributed by atoms with Gasteiger partial charge in [0.15, 0.2) is 0 Å². The summed E-state index contributed by atoms with van der Waals surface area (Å²) in [6, 6.07) is 14.5. The highest BCUT2D eigenvalue weighted by atomic mass is 35.5. The fourth-order valence-electron chi connectivity index (χ4n) is 5.16. The lowest BCUT2D eigenvalue weighted by Crippen LogP contribution is -2.32. The Kier molecular flexibility index (Phi) is 8.22. The van der Waals surface area contributed by atoms with Gasteiger partial charge < -0.3 is 10.1 Å². The largest absolute Gasteiger partial charge is 0.462 e. The summed E-state index contributed by atoms with van der Waals surface area (Å²) in [7, 11) is 0. The van der Waals surface area contributed by atoms with E-state index in [0.29, 0.717) is 31.9 Å². The third kappa shape index (κ3) is 5.42. The molecule has 0 spiro atoms. The van der Waals surface area contributed by atoms with Crippen molar-refractivity contribution in [2.75, 3.05) is 16.8 Å². The van der Waals surface area contributed by atoms with Crippen LogP contribution in [0.15, 0.2) is 69.8 Å². The van der Waals surface area contributed by atoms with Gasteiger partial charge in [0, 0.05) is 21.4 Å². The smallest absolute Gasteiger partial charge is 0.338 e. The number of anilines is 2. The number of aromatic nitrogens is 1. The van der Waals surface area contributed by atoms with Crippen LogP contribution in [-0.4, -0.2) is 40.1 Å². The zero-order valence-corrected chi connectivity index (χ0v) is 26.2. The Hall–Kier alpha value is -3.42. The summed E-state index contributed by atoms with van der Waals surface area (Å²) in [6.07, 6.45) is 0. The number of fused-ring (bicyclic) bond motifs is 2. The molecule has 2 aromatic heterocycles. The normalized spacial score (nSPS) is 19.2. The number of imide groups is 1. The van der Waals surface area contributed by atoms with Crippen molar-refractivity contribution in [2.45, 2.75) is 29.7 Å². The zero-order chi connectivity index (χ0) is 30.4. The predicted octanol–water partition coefficient (Wildman–Crippen LogP) is 5.89. The minimum atomic E-state index is -0.824. The van der Waals surface area contributed by atoms with Crippen molar-refractivity contribution in [1.29, 1.82) is 0 Å². The average Bonchev–Trinajstić information content (AvgIpc) is 3.68. The first-order valence-electron chi connectivity index (χ1n) is 13.0. The highest BCUT2D eigenvalue weighted by molar-refractivity contribution is 8.00. The Labute approximate surface area is 267 Å². The minimum absolute atomic E-state index is 0.223. The van der Waals surface area contributed by atoms with Crippen molar-refractivity contribution in [3.05, 3.63) is 95.0 Å². The van der Waals surface area contributed by atoms with E-state index >= 15 is 0 Å². The van der Waals surface area contributed by atoms with E-state index in [0.717, 1.165) is 32.9 Å². The number of halogens is 2. The van der Waals surface area contributed by atoms with E-state index in [2.05, 4.69) is 5.32 Å². The Morgan fingerprint density at radius 2 is 1.77 bits per heavy atom. The third-order valence-corrected chi connectivity index (χ3v) is 11.3. The van der Waals surface area contributed by atoms with Crippen LogP contribution >= 0.6 is 57.6 Å². The molecular weight excluding hydrogens is 653 g/mol. The number of hydrogen-bond acceptors (Lipinski definition) is 9. The number of thioether (sulfide) groups is 1. The molecule has 43 heavy (non-hydrogen) atoms. The molecule has 4 heterocycles. The summed E-state index contributed by atoms with van der Waals surface area (Å²) in [5, 5.41) is 4.88. The summed E-state index contributed by atoms with van der Waals surface area (Å²) in [4.78, 5) is 68.4. The summed E-state index contributed by atoms with van der Waals surface area (Å²) < 4.78 is 6.38. The molecule has 6 rings (SSSR count). The lowest BCUT2D eigenvalue weighted by molar-refractivity contribution is -0.122. The van der Waals surface area contributed by atoms with E-state index in [4.69, 9.17) is 27.9 Å². The van der Waals surface area contributed by atoms with Crippen LogP contribution in [0.2, 0.25) is 10.0 Å². The Morgan fingerprint density at radius 3 is 2.44 bits per heavy atom. The molecule has 4 aromatic rings. The molecule has 2 aliphatic heterocycles. The SMILES string of the molecule is CCOC(=O)c1ccc(N2C(=O)C3Sc4c(sc(=O)n4CC(=O)Nc4ccc(Cl)c(Cl)c4)C(c4cccs4)C3C2=O)cc1. The van der Waals surface area contributed by atoms with E-state index in [1.54, 1.807) is 31.2 Å². The van der Waals surface area contributed by atoms with Crippen LogP contribution in [0.4, 0.5) is 11.4 Å². The van der Waals surface area contributed by atoms with Gasteiger partial charge in [-0.3, -0.25) is 23.7 Å². The molecule has 0 saturated carbocycles. The second kappa shape index (κ2) is 11.9. The predicted molar refractivity (Wildman–Crippen MR) is 168 cm³/mol. The summed E-state index contributed by atoms with van der Waals surface area (Å²) in [5.41, 5.74) is 1.06. The van der Waals surface area contributed by atoms with Gasteiger partial charge in [0.05, 0.1) is 38.8 Å². The molecule has 220 valence electrons. The number of nitrogens with zero attached hydrogens (tertiary/aromatic N) is 2. The van der Waals surface area contributed by atoms with Crippen LogP contribution in [0.1, 0.15) is 33.0 Å². The van der Waals surface area contributed by atoms with Gasteiger partial charge in [0.2, 0.25) is 17.7 Å². The lowest BCUT2D eigenvalue weighted by atomic mass is 9.87. The van der Waals surface area contributed by atoms with Crippen molar-refractivity contribution in [3.8, 4) is 0 Å². The number of nitrogens with one attached hydrogen (secondary N) is 1. The number of amides is 3. The fourth-order valence-corrected chi connectivity index (χ4v) is 9.18. The van der Waals surface area contributed by atoms with Crippen LogP contribution in [0.3, 0.4) is 0 Å². The van der Waals surface area contributed by atoms with Crippen LogP contribution in [-0.2, 0) is 25.7 Å². The Bertz CT molecular complexity index is 1820. The summed E-state index contributed by atoms with van der Waals surface area (Å²) in [6.45, 7) is 1.63. The van der Waals surface area contributed by atoms with E-state index in [-0.39, 0.29) is 29.0 Å². The second-order valence-corrected chi connectivity index (χ2v) is 13.6. The molecule has 1 fully saturated rings. The van der Waals surface area contributed by atoms with Gasteiger partial charge in [-0.05, 0) is 60.8 Å². The number of rotatable bonds is 7. The molecule has 3 unspecified atom stereocenters. The van der Waals surface area contributed by atoms with Crippen molar-refractivity contribution < 1.29 is 23.9 Å². The van der Waals surface area contributed by atoms with E-state index in [1.807, 2.05) is 17.5 Å². The van der Waals surface area contributed by atoms with Gasteiger partial charge in [-0.2, -0.15) is 0 Å². The first-order valence-corrected chi connectivity index (χ1v) is 16.3. The van der Waals surface area contributed by atoms with Gasteiger partial charge >= 0.3 is 10.8 Å². The van der Waals surface area contributed by atoms with Crippen molar-refractivity contribution in [3.63, 3.8) is 0 Å². The molecule has 0 radical (unpaired) electrons. The summed E-state index contributed by atoms with van der Waals surface area (Å²) in [5.74, 6) is -3.08. The lowest BCUT2D eigenvalue weighted by Gasteiger charge is -2.29. The van der Waals surface area contributed by atoms with Gasteiger partial charge in [-0.25, -0.2) is 9.69 Å². The third-order valence-electron chi connectivity index (χ3n) is 7.04. The van der Waals surface area contributed by atoms with Crippen molar-refractivity contribution in [2.24, 2.45) is 5.92 Å². The molecule has 2 aromatic carbocycles. The Morgan fingerprint density at radius 1 is 1.00 bits per heavy atom. The maximum absolute atomic E-state index is 14.0. The maximum Gasteiger partial charge on any atom is 0.338 e. The van der Waals surface area contributed by atoms with Gasteiger partial charge in [-0.1, -0.05) is 52.4 Å². The van der Waals surface area contributed by atoms with Crippen molar-refractivity contribution >= 4 is 92.7 Å². The first kappa shape index (κ1) is 29.6. The number of hydrogen-bond donors (Lipinski definition) is 1. The second-order valence-electron chi connectivity index (χ2n) is 9.64.